The Morgan fingerprint density at radius 1 is 0.972 bits per heavy atom. The van der Waals surface area contributed by atoms with Crippen molar-refractivity contribution in [3.63, 3.8) is 0 Å². The van der Waals surface area contributed by atoms with Crippen LogP contribution in [0.3, 0.4) is 0 Å². The summed E-state index contributed by atoms with van der Waals surface area (Å²) in [5.74, 6) is 1.16. The lowest BCUT2D eigenvalue weighted by atomic mass is 9.96. The molecule has 1 atom stereocenters. The lowest BCUT2D eigenvalue weighted by Gasteiger charge is -2.26. The summed E-state index contributed by atoms with van der Waals surface area (Å²) in [6, 6.07) is 17.7. The van der Waals surface area contributed by atoms with E-state index < -0.39 is 6.17 Å². The third kappa shape index (κ3) is 4.27. The highest BCUT2D eigenvalue weighted by molar-refractivity contribution is 6.16. The quantitative estimate of drug-likeness (QED) is 0.455. The Balaban J connectivity index is 1.31. The largest absolute Gasteiger partial charge is 0.425 e. The highest BCUT2D eigenvalue weighted by atomic mass is 16.5. The van der Waals surface area contributed by atoms with E-state index >= 15 is 0 Å². The van der Waals surface area contributed by atoms with Crippen molar-refractivity contribution >= 4 is 23.4 Å². The maximum atomic E-state index is 13.2. The molecule has 4 heterocycles. The number of hydrogen-bond acceptors (Lipinski definition) is 10. The minimum absolute atomic E-state index is 0.0825. The number of ether oxygens (including phenoxy) is 1. The van der Waals surface area contributed by atoms with Crippen LogP contribution in [0.5, 0.6) is 0 Å². The van der Waals surface area contributed by atoms with Gasteiger partial charge < -0.3 is 23.8 Å². The summed E-state index contributed by atoms with van der Waals surface area (Å²) in [5, 5.41) is 11.3. The lowest BCUT2D eigenvalue weighted by Crippen LogP contribution is -2.36. The summed E-state index contributed by atoms with van der Waals surface area (Å²) >= 11 is 0. The minimum Gasteiger partial charge on any atom is -0.425 e. The SMILES string of the molecule is Cc1nc(-c2nnc(N[C@H]3N=C(c4ccccc4)c4ccccc4CC3=O)o2)c(N2CCOCC2)o1. The van der Waals surface area contributed by atoms with Crippen LogP contribution in [0.4, 0.5) is 11.9 Å². The van der Waals surface area contributed by atoms with Gasteiger partial charge >= 0.3 is 6.01 Å². The number of fused-ring (bicyclic) bond motifs is 1. The summed E-state index contributed by atoms with van der Waals surface area (Å²) < 4.78 is 17.2. The van der Waals surface area contributed by atoms with Gasteiger partial charge in [0.25, 0.3) is 5.89 Å². The van der Waals surface area contributed by atoms with E-state index in [0.717, 1.165) is 22.4 Å². The van der Waals surface area contributed by atoms with Gasteiger partial charge in [0.2, 0.25) is 5.88 Å². The van der Waals surface area contributed by atoms with Crippen LogP contribution in [-0.4, -0.2) is 59.1 Å². The van der Waals surface area contributed by atoms with Crippen LogP contribution in [0.1, 0.15) is 22.6 Å². The number of anilines is 2. The number of carbonyl (C=O) groups excluding carboxylic acids is 1. The molecule has 0 unspecified atom stereocenters. The number of aromatic nitrogens is 3. The fourth-order valence-electron chi connectivity index (χ4n) is 4.43. The fourth-order valence-corrected chi connectivity index (χ4v) is 4.43. The van der Waals surface area contributed by atoms with Crippen molar-refractivity contribution in [1.29, 1.82) is 0 Å². The van der Waals surface area contributed by atoms with Crippen LogP contribution in [0.15, 0.2) is 68.4 Å². The zero-order chi connectivity index (χ0) is 24.5. The van der Waals surface area contributed by atoms with Gasteiger partial charge in [0.15, 0.2) is 23.5 Å². The molecule has 0 bridgehead atoms. The predicted molar refractivity (Wildman–Crippen MR) is 132 cm³/mol. The predicted octanol–water partition coefficient (Wildman–Crippen LogP) is 3.27. The van der Waals surface area contributed by atoms with Crippen molar-refractivity contribution < 1.29 is 18.4 Å². The average Bonchev–Trinajstić information content (AvgIpc) is 3.51. The molecule has 6 rings (SSSR count). The summed E-state index contributed by atoms with van der Waals surface area (Å²) in [6.45, 7) is 4.32. The number of nitrogens with one attached hydrogen (secondary N) is 1. The fraction of sp³-hybridized carbons (Fsp3) is 0.269. The van der Waals surface area contributed by atoms with Crippen LogP contribution < -0.4 is 10.2 Å². The Morgan fingerprint density at radius 2 is 1.75 bits per heavy atom. The van der Waals surface area contributed by atoms with E-state index in [2.05, 4.69) is 20.5 Å². The minimum atomic E-state index is -0.890. The maximum Gasteiger partial charge on any atom is 0.317 e. The molecular weight excluding hydrogens is 460 g/mol. The molecule has 0 aliphatic carbocycles. The topological polar surface area (TPSA) is 119 Å². The number of nitrogens with zero attached hydrogens (tertiary/aromatic N) is 5. The van der Waals surface area contributed by atoms with Gasteiger partial charge in [0.05, 0.1) is 18.9 Å². The second kappa shape index (κ2) is 9.38. The van der Waals surface area contributed by atoms with Gasteiger partial charge in [0, 0.05) is 37.6 Å². The summed E-state index contributed by atoms with van der Waals surface area (Å²) in [5.41, 5.74) is 3.97. The van der Waals surface area contributed by atoms with Crippen LogP contribution in [0, 0.1) is 6.92 Å². The number of benzene rings is 2. The third-order valence-corrected chi connectivity index (χ3v) is 6.15. The maximum absolute atomic E-state index is 13.2. The Kier molecular flexibility index (Phi) is 5.78. The molecule has 2 aromatic heterocycles. The van der Waals surface area contributed by atoms with Gasteiger partial charge in [-0.15, -0.1) is 5.10 Å². The molecule has 10 nitrogen and oxygen atoms in total. The van der Waals surface area contributed by atoms with E-state index in [0.29, 0.717) is 43.8 Å². The number of aliphatic imine (C=N–C) groups is 1. The number of oxazole rings is 1. The Hall–Kier alpha value is -4.31. The molecule has 0 amide bonds. The molecule has 1 saturated heterocycles. The molecule has 0 radical (unpaired) electrons. The van der Waals surface area contributed by atoms with Crippen LogP contribution in [-0.2, 0) is 16.0 Å². The van der Waals surface area contributed by atoms with Crippen molar-refractivity contribution in [1.82, 2.24) is 15.2 Å². The molecule has 4 aromatic rings. The number of carbonyl (C=O) groups is 1. The zero-order valence-corrected chi connectivity index (χ0v) is 19.7. The first kappa shape index (κ1) is 22.2. The molecule has 2 aliphatic rings. The van der Waals surface area contributed by atoms with Crippen LogP contribution in [0.2, 0.25) is 0 Å². The van der Waals surface area contributed by atoms with Crippen molar-refractivity contribution in [2.24, 2.45) is 4.99 Å². The molecule has 2 aromatic carbocycles. The number of hydrogen-bond donors (Lipinski definition) is 1. The average molecular weight is 485 g/mol. The number of rotatable bonds is 5. The molecular formula is C26H24N6O4. The van der Waals surface area contributed by atoms with E-state index in [1.165, 1.54) is 0 Å². The highest BCUT2D eigenvalue weighted by Gasteiger charge is 2.29. The van der Waals surface area contributed by atoms with Crippen molar-refractivity contribution in [3.05, 3.63) is 77.2 Å². The van der Waals surface area contributed by atoms with Crippen molar-refractivity contribution in [2.45, 2.75) is 19.5 Å². The first-order valence-electron chi connectivity index (χ1n) is 11.8. The third-order valence-electron chi connectivity index (χ3n) is 6.15. The normalized spacial score (nSPS) is 17.9. The Morgan fingerprint density at radius 3 is 2.58 bits per heavy atom. The van der Waals surface area contributed by atoms with Gasteiger partial charge in [0.1, 0.15) is 0 Å². The van der Waals surface area contributed by atoms with Gasteiger partial charge in [-0.3, -0.25) is 9.79 Å². The first-order chi connectivity index (χ1) is 17.7. The van der Waals surface area contributed by atoms with Crippen molar-refractivity contribution in [2.75, 3.05) is 36.5 Å². The Bertz CT molecular complexity index is 1420. The van der Waals surface area contributed by atoms with E-state index in [-0.39, 0.29) is 24.1 Å². The van der Waals surface area contributed by atoms with Gasteiger partial charge in [-0.05, 0) is 5.56 Å². The van der Waals surface area contributed by atoms with E-state index in [4.69, 9.17) is 18.6 Å². The summed E-state index contributed by atoms with van der Waals surface area (Å²) in [6.07, 6.45) is -0.656. The molecule has 1 N–H and O–H groups in total. The Labute approximate surface area is 207 Å². The number of morpholine rings is 1. The number of ketones is 1. The van der Waals surface area contributed by atoms with E-state index in [1.807, 2.05) is 59.5 Å². The summed E-state index contributed by atoms with van der Waals surface area (Å²) in [4.78, 5) is 24.5. The second-order valence-electron chi connectivity index (χ2n) is 8.59. The highest BCUT2D eigenvalue weighted by Crippen LogP contribution is 2.32. The molecule has 10 heteroatoms. The molecule has 2 aliphatic heterocycles. The van der Waals surface area contributed by atoms with Crippen LogP contribution >= 0.6 is 0 Å². The first-order valence-corrected chi connectivity index (χ1v) is 11.8. The van der Waals surface area contributed by atoms with Gasteiger partial charge in [-0.1, -0.05) is 59.7 Å². The second-order valence-corrected chi connectivity index (χ2v) is 8.59. The number of aryl methyl sites for hydroxylation is 1. The van der Waals surface area contributed by atoms with Gasteiger partial charge in [-0.25, -0.2) is 4.98 Å². The molecule has 182 valence electrons. The lowest BCUT2D eigenvalue weighted by molar-refractivity contribution is -0.119. The molecule has 36 heavy (non-hydrogen) atoms. The van der Waals surface area contributed by atoms with Crippen molar-refractivity contribution in [3.8, 4) is 11.6 Å². The zero-order valence-electron chi connectivity index (χ0n) is 19.7. The summed E-state index contributed by atoms with van der Waals surface area (Å²) in [7, 11) is 0. The smallest absolute Gasteiger partial charge is 0.317 e. The molecule has 0 spiro atoms. The molecule has 1 fully saturated rings. The van der Waals surface area contributed by atoms with Gasteiger partial charge in [-0.2, -0.15) is 0 Å². The van der Waals surface area contributed by atoms with E-state index in [9.17, 15) is 4.79 Å². The van der Waals surface area contributed by atoms with E-state index in [1.54, 1.807) is 6.92 Å². The standard InChI is InChI=1S/C26H24N6O4/c1-16-27-22(25(35-16)32-11-13-34-14-12-32)24-30-31-26(36-24)29-23-20(33)15-18-9-5-6-10-19(18)21(28-23)17-7-3-2-4-8-17/h2-10,23H,11-15H2,1H3,(H,29,31)/t23-/m1/s1. The van der Waals surface area contributed by atoms with Crippen LogP contribution in [0.25, 0.3) is 11.6 Å². The molecule has 0 saturated carbocycles. The monoisotopic (exact) mass is 484 g/mol. The number of Topliss-reactive ketones (excluding diaryl/α,β-unsaturated/α-hetero) is 1.